The van der Waals surface area contributed by atoms with Gasteiger partial charge in [0.1, 0.15) is 15.7 Å². The van der Waals surface area contributed by atoms with E-state index in [-0.39, 0.29) is 15.4 Å². The molecule has 0 spiro atoms. The topological polar surface area (TPSA) is 85.1 Å². The van der Waals surface area contributed by atoms with Crippen molar-refractivity contribution in [2.45, 2.75) is 11.8 Å². The number of pyridine rings is 1. The van der Waals surface area contributed by atoms with Crippen LogP contribution >= 0.6 is 12.2 Å². The van der Waals surface area contributed by atoms with Gasteiger partial charge in [0.15, 0.2) is 0 Å². The molecule has 0 aliphatic rings. The molecular formula is C13H12FN3O2S2. The molecule has 0 aliphatic carbocycles. The average Bonchev–Trinajstić information content (AvgIpc) is 2.40. The van der Waals surface area contributed by atoms with Crippen LogP contribution in [0.3, 0.4) is 0 Å². The number of hydrogen-bond donors (Lipinski definition) is 2. The number of sulfonamides is 1. The molecule has 0 aliphatic heterocycles. The van der Waals surface area contributed by atoms with Gasteiger partial charge in [0, 0.05) is 12.4 Å². The van der Waals surface area contributed by atoms with Crippen LogP contribution in [0.4, 0.5) is 10.1 Å². The van der Waals surface area contributed by atoms with Gasteiger partial charge >= 0.3 is 0 Å². The molecule has 5 nitrogen and oxygen atoms in total. The molecule has 0 radical (unpaired) electrons. The molecule has 1 aromatic carbocycles. The van der Waals surface area contributed by atoms with Crippen molar-refractivity contribution in [3.8, 4) is 0 Å². The van der Waals surface area contributed by atoms with Gasteiger partial charge in [-0.15, -0.1) is 0 Å². The summed E-state index contributed by atoms with van der Waals surface area (Å²) in [4.78, 5) is 3.25. The predicted molar refractivity (Wildman–Crippen MR) is 82.1 cm³/mol. The Labute approximate surface area is 127 Å². The van der Waals surface area contributed by atoms with Gasteiger partial charge in [-0.3, -0.25) is 9.71 Å². The van der Waals surface area contributed by atoms with Gasteiger partial charge in [0.2, 0.25) is 0 Å². The van der Waals surface area contributed by atoms with Crippen molar-refractivity contribution in [1.82, 2.24) is 4.98 Å². The Balaban J connectivity index is 2.53. The fourth-order valence-corrected chi connectivity index (χ4v) is 3.39. The smallest absolute Gasteiger partial charge is 0.262 e. The second kappa shape index (κ2) is 5.74. The van der Waals surface area contributed by atoms with Crippen LogP contribution in [0.1, 0.15) is 11.1 Å². The number of aromatic nitrogens is 1. The molecule has 21 heavy (non-hydrogen) atoms. The number of nitrogens with two attached hydrogens (primary N) is 1. The number of nitrogens with zero attached hydrogens (tertiary/aromatic N) is 1. The van der Waals surface area contributed by atoms with E-state index in [1.165, 1.54) is 30.6 Å². The number of halogens is 1. The first-order valence-electron chi connectivity index (χ1n) is 5.84. The second-order valence-corrected chi connectivity index (χ2v) is 6.36. The lowest BCUT2D eigenvalue weighted by Gasteiger charge is -2.13. The fraction of sp³-hybridized carbons (Fsp3) is 0.0769. The molecule has 2 aromatic rings. The van der Waals surface area contributed by atoms with Gasteiger partial charge in [0.05, 0.1) is 11.3 Å². The Kier molecular flexibility index (Phi) is 4.19. The van der Waals surface area contributed by atoms with Crippen molar-refractivity contribution in [2.24, 2.45) is 5.73 Å². The molecule has 1 heterocycles. The van der Waals surface area contributed by atoms with E-state index < -0.39 is 15.8 Å². The molecule has 0 unspecified atom stereocenters. The Hall–Kier alpha value is -2.06. The second-order valence-electron chi connectivity index (χ2n) is 4.27. The van der Waals surface area contributed by atoms with E-state index in [1.54, 1.807) is 6.92 Å². The lowest BCUT2D eigenvalue weighted by atomic mass is 10.2. The Morgan fingerprint density at radius 2 is 2.10 bits per heavy atom. The van der Waals surface area contributed by atoms with Crippen LogP contribution in [0, 0.1) is 12.7 Å². The zero-order chi connectivity index (χ0) is 15.6. The first kappa shape index (κ1) is 15.3. The van der Waals surface area contributed by atoms with Crippen molar-refractivity contribution >= 4 is 32.9 Å². The molecule has 0 bridgehead atoms. The number of rotatable bonds is 4. The van der Waals surface area contributed by atoms with Gasteiger partial charge in [-0.25, -0.2) is 12.8 Å². The van der Waals surface area contributed by atoms with Crippen LogP contribution in [0.5, 0.6) is 0 Å². The van der Waals surface area contributed by atoms with E-state index in [2.05, 4.69) is 9.71 Å². The highest BCUT2D eigenvalue weighted by Gasteiger charge is 2.23. The highest BCUT2D eigenvalue weighted by molar-refractivity contribution is 7.93. The van der Waals surface area contributed by atoms with Crippen molar-refractivity contribution in [2.75, 3.05) is 4.72 Å². The summed E-state index contributed by atoms with van der Waals surface area (Å²) in [6.07, 6.45) is 2.96. The van der Waals surface area contributed by atoms with Crippen molar-refractivity contribution in [1.29, 1.82) is 0 Å². The zero-order valence-electron chi connectivity index (χ0n) is 11.0. The summed E-state index contributed by atoms with van der Waals surface area (Å²) in [5, 5.41) is 0. The Morgan fingerprint density at radius 3 is 2.71 bits per heavy atom. The molecule has 0 amide bonds. The van der Waals surface area contributed by atoms with Crippen LogP contribution in [0.2, 0.25) is 0 Å². The Bertz CT molecular complexity index is 807. The van der Waals surface area contributed by atoms with Gasteiger partial charge in [-0.05, 0) is 30.7 Å². The zero-order valence-corrected chi connectivity index (χ0v) is 12.6. The summed E-state index contributed by atoms with van der Waals surface area (Å²) in [7, 11) is -4.02. The maximum Gasteiger partial charge on any atom is 0.262 e. The summed E-state index contributed by atoms with van der Waals surface area (Å²) >= 11 is 4.73. The molecule has 110 valence electrons. The largest absolute Gasteiger partial charge is 0.389 e. The van der Waals surface area contributed by atoms with Crippen LogP contribution in [-0.2, 0) is 10.0 Å². The van der Waals surface area contributed by atoms with Gasteiger partial charge in [0.25, 0.3) is 10.0 Å². The van der Waals surface area contributed by atoms with E-state index in [4.69, 9.17) is 18.0 Å². The van der Waals surface area contributed by atoms with Gasteiger partial charge in [-0.1, -0.05) is 18.3 Å². The number of aryl methyl sites for hydroxylation is 1. The molecular weight excluding hydrogens is 313 g/mol. The number of nitrogens with one attached hydrogen (secondary N) is 1. The third-order valence-electron chi connectivity index (χ3n) is 2.78. The number of benzene rings is 1. The van der Waals surface area contributed by atoms with E-state index in [0.29, 0.717) is 11.3 Å². The molecule has 8 heteroatoms. The first-order valence-corrected chi connectivity index (χ1v) is 7.74. The molecule has 0 fully saturated rings. The summed E-state index contributed by atoms with van der Waals surface area (Å²) in [5.41, 5.74) is 6.11. The minimum absolute atomic E-state index is 0.299. The SMILES string of the molecule is Cc1cnccc1NS(=O)(=O)c1cccc(F)c1C(N)=S. The fourth-order valence-electron chi connectivity index (χ4n) is 1.76. The van der Waals surface area contributed by atoms with Crippen molar-refractivity contribution in [3.63, 3.8) is 0 Å². The molecule has 2 rings (SSSR count). The van der Waals surface area contributed by atoms with E-state index in [1.807, 2.05) is 0 Å². The Morgan fingerprint density at radius 1 is 1.38 bits per heavy atom. The molecule has 0 atom stereocenters. The van der Waals surface area contributed by atoms with E-state index >= 15 is 0 Å². The highest BCUT2D eigenvalue weighted by atomic mass is 32.2. The maximum atomic E-state index is 13.8. The normalized spacial score (nSPS) is 11.1. The third kappa shape index (κ3) is 3.17. The minimum atomic E-state index is -4.02. The molecule has 0 saturated heterocycles. The highest BCUT2D eigenvalue weighted by Crippen LogP contribution is 2.23. The lowest BCUT2D eigenvalue weighted by molar-refractivity contribution is 0.594. The van der Waals surface area contributed by atoms with Crippen LogP contribution in [0.25, 0.3) is 0 Å². The molecule has 1 aromatic heterocycles. The van der Waals surface area contributed by atoms with Crippen LogP contribution < -0.4 is 10.5 Å². The van der Waals surface area contributed by atoms with Crippen molar-refractivity contribution in [3.05, 3.63) is 53.6 Å². The standard InChI is InChI=1S/C13H12FN3O2S2/c1-8-7-16-6-5-10(8)17-21(18,19)11-4-2-3-9(14)12(11)13(15)20/h2-7H,1H3,(H2,15,20)(H,16,17). The molecule has 0 saturated carbocycles. The summed E-state index contributed by atoms with van der Waals surface area (Å²) in [6, 6.07) is 5.14. The van der Waals surface area contributed by atoms with Crippen molar-refractivity contribution < 1.29 is 12.8 Å². The van der Waals surface area contributed by atoms with Crippen LogP contribution in [0.15, 0.2) is 41.6 Å². The average molecular weight is 325 g/mol. The quantitative estimate of drug-likeness (QED) is 0.840. The monoisotopic (exact) mass is 325 g/mol. The van der Waals surface area contributed by atoms with Gasteiger partial charge in [-0.2, -0.15) is 0 Å². The molecule has 3 N–H and O–H groups in total. The summed E-state index contributed by atoms with van der Waals surface area (Å²) < 4.78 is 41.0. The van der Waals surface area contributed by atoms with E-state index in [9.17, 15) is 12.8 Å². The first-order chi connectivity index (χ1) is 9.83. The number of hydrogen-bond acceptors (Lipinski definition) is 4. The number of thiocarbonyl (C=S) groups is 1. The summed E-state index contributed by atoms with van der Waals surface area (Å²) in [5.74, 6) is -0.781. The predicted octanol–water partition coefficient (Wildman–Crippen LogP) is 1.96. The third-order valence-corrected chi connectivity index (χ3v) is 4.39. The maximum absolute atomic E-state index is 13.8. The number of anilines is 1. The van der Waals surface area contributed by atoms with Crippen LogP contribution in [-0.4, -0.2) is 18.4 Å². The van der Waals surface area contributed by atoms with E-state index in [0.717, 1.165) is 6.07 Å². The minimum Gasteiger partial charge on any atom is -0.389 e. The summed E-state index contributed by atoms with van der Waals surface area (Å²) in [6.45, 7) is 1.70. The van der Waals surface area contributed by atoms with Gasteiger partial charge < -0.3 is 5.73 Å². The lowest BCUT2D eigenvalue weighted by Crippen LogP contribution is -2.21.